The molecule has 0 aliphatic carbocycles. The van der Waals surface area contributed by atoms with Crippen molar-refractivity contribution in [2.45, 2.75) is 19.1 Å². The van der Waals surface area contributed by atoms with E-state index in [-0.39, 0.29) is 11.8 Å². The third-order valence-electron chi connectivity index (χ3n) is 3.50. The summed E-state index contributed by atoms with van der Waals surface area (Å²) in [4.78, 5) is 2.06. The van der Waals surface area contributed by atoms with Crippen LogP contribution >= 0.6 is 0 Å². The lowest BCUT2D eigenvalue weighted by molar-refractivity contribution is -0.137. The van der Waals surface area contributed by atoms with E-state index in [0.29, 0.717) is 5.56 Å². The van der Waals surface area contributed by atoms with Gasteiger partial charge < -0.3 is 10.4 Å². The quantitative estimate of drug-likeness (QED) is 0.869. The largest absolute Gasteiger partial charge is 0.508 e. The number of alkyl halides is 3. The number of phenols is 1. The smallest absolute Gasteiger partial charge is 0.416 e. The van der Waals surface area contributed by atoms with Gasteiger partial charge in [-0.1, -0.05) is 0 Å². The van der Waals surface area contributed by atoms with Crippen molar-refractivity contribution in [1.29, 1.82) is 0 Å². The Labute approximate surface area is 110 Å². The second kappa shape index (κ2) is 5.38. The Kier molecular flexibility index (Phi) is 4.01. The van der Waals surface area contributed by atoms with Crippen LogP contribution in [0.2, 0.25) is 0 Å². The highest BCUT2D eigenvalue weighted by Gasteiger charge is 2.32. The molecule has 0 saturated carbocycles. The zero-order valence-electron chi connectivity index (χ0n) is 10.7. The molecule has 0 spiro atoms. The van der Waals surface area contributed by atoms with Crippen molar-refractivity contribution in [1.82, 2.24) is 10.2 Å². The SMILES string of the molecule is C[C@@H](c1cc(C(F)(F)F)ccc1O)N1CCNCC1. The third kappa shape index (κ3) is 3.19. The van der Waals surface area contributed by atoms with Gasteiger partial charge in [-0.25, -0.2) is 0 Å². The predicted octanol–water partition coefficient (Wildman–Crippen LogP) is 2.38. The van der Waals surface area contributed by atoms with Crippen LogP contribution < -0.4 is 5.32 Å². The molecule has 1 saturated heterocycles. The molecular weight excluding hydrogens is 257 g/mol. The maximum absolute atomic E-state index is 12.7. The third-order valence-corrected chi connectivity index (χ3v) is 3.50. The number of aromatic hydroxyl groups is 1. The molecule has 1 aromatic rings. The highest BCUT2D eigenvalue weighted by atomic mass is 19.4. The zero-order chi connectivity index (χ0) is 14.0. The average Bonchev–Trinajstić information content (AvgIpc) is 2.38. The summed E-state index contributed by atoms with van der Waals surface area (Å²) in [6, 6.07) is 2.84. The zero-order valence-corrected chi connectivity index (χ0v) is 10.7. The average molecular weight is 274 g/mol. The molecular formula is C13H17F3N2O. The highest BCUT2D eigenvalue weighted by molar-refractivity contribution is 5.39. The maximum Gasteiger partial charge on any atom is 0.416 e. The Bertz CT molecular complexity index is 442. The molecule has 2 N–H and O–H groups in total. The molecule has 3 nitrogen and oxygen atoms in total. The molecule has 1 fully saturated rings. The molecule has 1 atom stereocenters. The van der Waals surface area contributed by atoms with Crippen molar-refractivity contribution in [2.75, 3.05) is 26.2 Å². The molecule has 0 bridgehead atoms. The van der Waals surface area contributed by atoms with Gasteiger partial charge in [-0.15, -0.1) is 0 Å². The number of benzene rings is 1. The van der Waals surface area contributed by atoms with E-state index in [1.54, 1.807) is 0 Å². The molecule has 19 heavy (non-hydrogen) atoms. The molecule has 106 valence electrons. The summed E-state index contributed by atoms with van der Waals surface area (Å²) in [7, 11) is 0. The number of halogens is 3. The number of rotatable bonds is 2. The number of nitrogens with zero attached hydrogens (tertiary/aromatic N) is 1. The van der Waals surface area contributed by atoms with Crippen LogP contribution in [-0.4, -0.2) is 36.2 Å². The van der Waals surface area contributed by atoms with Gasteiger partial charge in [-0.3, -0.25) is 4.90 Å². The Balaban J connectivity index is 2.27. The van der Waals surface area contributed by atoms with Crippen LogP contribution in [0, 0.1) is 0 Å². The summed E-state index contributed by atoms with van der Waals surface area (Å²) in [5, 5.41) is 13.0. The minimum Gasteiger partial charge on any atom is -0.508 e. The van der Waals surface area contributed by atoms with Gasteiger partial charge >= 0.3 is 6.18 Å². The Morgan fingerprint density at radius 3 is 2.47 bits per heavy atom. The summed E-state index contributed by atoms with van der Waals surface area (Å²) in [6.45, 7) is 4.96. The van der Waals surface area contributed by atoms with Crippen LogP contribution in [0.4, 0.5) is 13.2 Å². The van der Waals surface area contributed by atoms with Crippen molar-refractivity contribution in [3.05, 3.63) is 29.3 Å². The van der Waals surface area contributed by atoms with Crippen LogP contribution in [0.15, 0.2) is 18.2 Å². The van der Waals surface area contributed by atoms with Gasteiger partial charge in [-0.2, -0.15) is 13.2 Å². The molecule has 0 amide bonds. The van der Waals surface area contributed by atoms with Crippen LogP contribution in [0.1, 0.15) is 24.1 Å². The van der Waals surface area contributed by atoms with Gasteiger partial charge in [-0.05, 0) is 25.1 Å². The first kappa shape index (κ1) is 14.1. The fourth-order valence-electron chi connectivity index (χ4n) is 2.33. The highest BCUT2D eigenvalue weighted by Crippen LogP contribution is 2.35. The van der Waals surface area contributed by atoms with Crippen molar-refractivity contribution >= 4 is 0 Å². The van der Waals surface area contributed by atoms with Gasteiger partial charge in [0.05, 0.1) is 5.56 Å². The fourth-order valence-corrected chi connectivity index (χ4v) is 2.33. The van der Waals surface area contributed by atoms with Crippen LogP contribution in [0.5, 0.6) is 5.75 Å². The number of phenolic OH excluding ortho intramolecular Hbond substituents is 1. The van der Waals surface area contributed by atoms with E-state index < -0.39 is 11.7 Å². The summed E-state index contributed by atoms with van der Waals surface area (Å²) in [6.07, 6.45) is -4.38. The molecule has 0 radical (unpaired) electrons. The summed E-state index contributed by atoms with van der Waals surface area (Å²) in [5.74, 6) is -0.0842. The van der Waals surface area contributed by atoms with E-state index in [1.807, 2.05) is 6.92 Å². The second-order valence-electron chi connectivity index (χ2n) is 4.73. The monoisotopic (exact) mass is 274 g/mol. The standard InChI is InChI=1S/C13H17F3N2O/c1-9(18-6-4-17-5-7-18)11-8-10(13(14,15)16)2-3-12(11)19/h2-3,8-9,17,19H,4-7H2,1H3/t9-/m0/s1. The minimum atomic E-state index is -4.38. The van der Waals surface area contributed by atoms with Gasteiger partial charge in [0.25, 0.3) is 0 Å². The molecule has 0 aromatic heterocycles. The number of hydrogen-bond acceptors (Lipinski definition) is 3. The van der Waals surface area contributed by atoms with E-state index in [4.69, 9.17) is 0 Å². The van der Waals surface area contributed by atoms with Gasteiger partial charge in [0.15, 0.2) is 0 Å². The number of hydrogen-bond donors (Lipinski definition) is 2. The first-order valence-corrected chi connectivity index (χ1v) is 6.24. The van der Waals surface area contributed by atoms with Crippen molar-refractivity contribution in [3.8, 4) is 5.75 Å². The minimum absolute atomic E-state index is 0.0842. The lowest BCUT2D eigenvalue weighted by Crippen LogP contribution is -2.44. The van der Waals surface area contributed by atoms with Crippen molar-refractivity contribution < 1.29 is 18.3 Å². The molecule has 1 aromatic carbocycles. The Morgan fingerprint density at radius 2 is 1.89 bits per heavy atom. The van der Waals surface area contributed by atoms with Crippen LogP contribution in [0.25, 0.3) is 0 Å². The maximum atomic E-state index is 12.7. The normalized spacial score (nSPS) is 19.4. The lowest BCUT2D eigenvalue weighted by atomic mass is 10.0. The van der Waals surface area contributed by atoms with E-state index in [2.05, 4.69) is 10.2 Å². The van der Waals surface area contributed by atoms with Gasteiger partial charge in [0.1, 0.15) is 5.75 Å². The van der Waals surface area contributed by atoms with E-state index in [0.717, 1.165) is 44.4 Å². The summed E-state index contributed by atoms with van der Waals surface area (Å²) in [5.41, 5.74) is -0.390. The van der Waals surface area contributed by atoms with Crippen LogP contribution in [-0.2, 0) is 6.18 Å². The van der Waals surface area contributed by atoms with Gasteiger partial charge in [0, 0.05) is 37.8 Å². The lowest BCUT2D eigenvalue weighted by Gasteiger charge is -2.33. The number of nitrogens with one attached hydrogen (secondary N) is 1. The van der Waals surface area contributed by atoms with Crippen LogP contribution in [0.3, 0.4) is 0 Å². The molecule has 6 heteroatoms. The number of piperazine rings is 1. The molecule has 2 rings (SSSR count). The van der Waals surface area contributed by atoms with Gasteiger partial charge in [0.2, 0.25) is 0 Å². The Hall–Kier alpha value is -1.27. The summed E-state index contributed by atoms with van der Waals surface area (Å²) >= 11 is 0. The van der Waals surface area contributed by atoms with E-state index >= 15 is 0 Å². The first-order chi connectivity index (χ1) is 8.89. The Morgan fingerprint density at radius 1 is 1.26 bits per heavy atom. The molecule has 1 heterocycles. The van der Waals surface area contributed by atoms with Crippen molar-refractivity contribution in [2.24, 2.45) is 0 Å². The first-order valence-electron chi connectivity index (χ1n) is 6.24. The van der Waals surface area contributed by atoms with E-state index in [9.17, 15) is 18.3 Å². The topological polar surface area (TPSA) is 35.5 Å². The predicted molar refractivity (Wildman–Crippen MR) is 66.0 cm³/mol. The summed E-state index contributed by atoms with van der Waals surface area (Å²) < 4.78 is 38.1. The van der Waals surface area contributed by atoms with Crippen molar-refractivity contribution in [3.63, 3.8) is 0 Å². The molecule has 0 unspecified atom stereocenters. The molecule has 1 aliphatic rings. The molecule has 1 aliphatic heterocycles. The fraction of sp³-hybridized carbons (Fsp3) is 0.538. The second-order valence-corrected chi connectivity index (χ2v) is 4.73. The van der Waals surface area contributed by atoms with E-state index in [1.165, 1.54) is 0 Å².